The number of hydrogen-bond acceptors (Lipinski definition) is 6. The Bertz CT molecular complexity index is 798. The molecule has 3 fully saturated rings. The second-order valence-electron chi connectivity index (χ2n) is 9.81. The molecule has 3 saturated heterocycles. The van der Waals surface area contributed by atoms with Crippen molar-refractivity contribution < 1.29 is 29.0 Å². The van der Waals surface area contributed by atoms with E-state index >= 15 is 0 Å². The molecule has 184 valence electrons. The van der Waals surface area contributed by atoms with Gasteiger partial charge in [0.2, 0.25) is 11.8 Å². The molecule has 0 aromatic rings. The van der Waals surface area contributed by atoms with E-state index in [0.29, 0.717) is 45.2 Å². The van der Waals surface area contributed by atoms with Gasteiger partial charge in [0.25, 0.3) is 0 Å². The highest BCUT2D eigenvalue weighted by atomic mass is 16.6. The first kappa shape index (κ1) is 25.4. The topological polar surface area (TPSA) is 96.4 Å². The molecule has 33 heavy (non-hydrogen) atoms. The highest BCUT2D eigenvalue weighted by Gasteiger charge is 2.78. The molecule has 0 aromatic heterocycles. The molecule has 3 aliphatic rings. The average Bonchev–Trinajstić information content (AvgIpc) is 3.33. The number of carbonyl (C=O) groups is 3. The zero-order valence-electron chi connectivity index (χ0n) is 20.1. The van der Waals surface area contributed by atoms with Crippen LogP contribution in [0.5, 0.6) is 0 Å². The molecule has 5 atom stereocenters. The zero-order valence-corrected chi connectivity index (χ0v) is 20.1. The highest BCUT2D eigenvalue weighted by molar-refractivity contribution is 5.98. The Morgan fingerprint density at radius 3 is 2.64 bits per heavy atom. The maximum Gasteiger partial charge on any atom is 0.312 e. The van der Waals surface area contributed by atoms with E-state index in [4.69, 9.17) is 9.47 Å². The molecule has 0 aliphatic carbocycles. The summed E-state index contributed by atoms with van der Waals surface area (Å²) >= 11 is 0. The van der Waals surface area contributed by atoms with Gasteiger partial charge in [-0.1, -0.05) is 12.2 Å². The lowest BCUT2D eigenvalue weighted by molar-refractivity contribution is -0.160. The smallest absolute Gasteiger partial charge is 0.312 e. The molecule has 1 N–H and O–H groups in total. The van der Waals surface area contributed by atoms with Crippen LogP contribution in [-0.2, 0) is 23.9 Å². The van der Waals surface area contributed by atoms with Crippen molar-refractivity contribution in [1.82, 2.24) is 9.80 Å². The first-order valence-corrected chi connectivity index (χ1v) is 12.0. The molecule has 3 heterocycles. The number of aliphatic hydroxyl groups excluding tert-OH is 1. The van der Waals surface area contributed by atoms with E-state index in [-0.39, 0.29) is 31.1 Å². The second-order valence-corrected chi connectivity index (χ2v) is 9.81. The second kappa shape index (κ2) is 9.97. The molecule has 8 nitrogen and oxygen atoms in total. The maximum absolute atomic E-state index is 13.9. The summed E-state index contributed by atoms with van der Waals surface area (Å²) in [5.74, 6) is -2.38. The first-order valence-electron chi connectivity index (χ1n) is 12.0. The van der Waals surface area contributed by atoms with Crippen LogP contribution in [0, 0.1) is 11.8 Å². The number of ether oxygens (including phenoxy) is 2. The summed E-state index contributed by atoms with van der Waals surface area (Å²) in [6.45, 7) is 14.0. The third-order valence-corrected chi connectivity index (χ3v) is 7.37. The fourth-order valence-electron chi connectivity index (χ4n) is 5.88. The first-order chi connectivity index (χ1) is 15.7. The largest absolute Gasteiger partial charge is 0.465 e. The van der Waals surface area contributed by atoms with E-state index in [2.05, 4.69) is 13.2 Å². The number of esters is 1. The third kappa shape index (κ3) is 4.23. The quantitative estimate of drug-likeness (QED) is 0.271. The van der Waals surface area contributed by atoms with Crippen LogP contribution >= 0.6 is 0 Å². The van der Waals surface area contributed by atoms with E-state index < -0.39 is 35.0 Å². The number of hydrogen-bond donors (Lipinski definition) is 1. The van der Waals surface area contributed by atoms with Gasteiger partial charge in [-0.25, -0.2) is 0 Å². The number of rotatable bonds is 12. The van der Waals surface area contributed by atoms with E-state index in [1.807, 2.05) is 20.8 Å². The number of nitrogens with zero attached hydrogens (tertiary/aromatic N) is 2. The summed E-state index contributed by atoms with van der Waals surface area (Å²) in [7, 11) is 0. The van der Waals surface area contributed by atoms with Gasteiger partial charge in [-0.05, 0) is 52.9 Å². The Balaban J connectivity index is 2.00. The fourth-order valence-corrected chi connectivity index (χ4v) is 5.88. The Morgan fingerprint density at radius 1 is 1.30 bits per heavy atom. The SMILES string of the molecule is C=CCCOC(=O)[C@@H]1[C@H]2C(=O)N(CCCCO)C(C(=O)N(CC=C)C(C)C)C23CC[C@@]1(C)O3. The highest BCUT2D eigenvalue weighted by Crippen LogP contribution is 2.63. The monoisotopic (exact) mass is 462 g/mol. The van der Waals surface area contributed by atoms with Crippen LogP contribution in [0.25, 0.3) is 0 Å². The standard InChI is InChI=1S/C25H38N2O6/c1-6-8-16-32-23(31)19-18-21(29)27(14-9-10-15-28)20(22(30)26(13-7-2)17(3)4)25(18)12-11-24(19,5)33-25/h6-7,17-20,28H,1-2,8-16H2,3-5H3/t18-,19-,20?,24+,25?/m0/s1. The molecule has 1 spiro atoms. The van der Waals surface area contributed by atoms with Crippen molar-refractivity contribution in [3.8, 4) is 0 Å². The number of fused-ring (bicyclic) bond motifs is 1. The maximum atomic E-state index is 13.9. The Hall–Kier alpha value is -2.19. The number of carbonyl (C=O) groups excluding carboxylic acids is 3. The van der Waals surface area contributed by atoms with Gasteiger partial charge in [0.1, 0.15) is 17.6 Å². The number of unbranched alkanes of at least 4 members (excludes halogenated alkanes) is 1. The van der Waals surface area contributed by atoms with Crippen molar-refractivity contribution in [2.24, 2.45) is 11.8 Å². The van der Waals surface area contributed by atoms with Crippen LogP contribution in [0.4, 0.5) is 0 Å². The molecule has 2 amide bonds. The lowest BCUT2D eigenvalue weighted by Crippen LogP contribution is -2.57. The Labute approximate surface area is 196 Å². The van der Waals surface area contributed by atoms with Gasteiger partial charge in [0, 0.05) is 25.7 Å². The minimum absolute atomic E-state index is 0.0105. The molecular formula is C25H38N2O6. The van der Waals surface area contributed by atoms with Crippen LogP contribution in [0.1, 0.15) is 52.9 Å². The van der Waals surface area contributed by atoms with Crippen molar-refractivity contribution in [2.45, 2.75) is 76.2 Å². The van der Waals surface area contributed by atoms with Gasteiger partial charge in [0.15, 0.2) is 0 Å². The average molecular weight is 463 g/mol. The summed E-state index contributed by atoms with van der Waals surface area (Å²) in [5, 5.41) is 9.25. The van der Waals surface area contributed by atoms with E-state index in [9.17, 15) is 19.5 Å². The predicted molar refractivity (Wildman–Crippen MR) is 123 cm³/mol. The van der Waals surface area contributed by atoms with E-state index in [0.717, 1.165) is 0 Å². The summed E-state index contributed by atoms with van der Waals surface area (Å²) < 4.78 is 12.0. The van der Waals surface area contributed by atoms with E-state index in [1.54, 1.807) is 22.0 Å². The third-order valence-electron chi connectivity index (χ3n) is 7.37. The van der Waals surface area contributed by atoms with Crippen molar-refractivity contribution in [2.75, 3.05) is 26.3 Å². The minimum Gasteiger partial charge on any atom is -0.465 e. The van der Waals surface area contributed by atoms with Crippen LogP contribution in [0.15, 0.2) is 25.3 Å². The molecule has 0 aromatic carbocycles. The van der Waals surface area contributed by atoms with Crippen LogP contribution in [0.3, 0.4) is 0 Å². The fraction of sp³-hybridized carbons (Fsp3) is 0.720. The van der Waals surface area contributed by atoms with Crippen molar-refractivity contribution in [3.05, 3.63) is 25.3 Å². The molecule has 3 rings (SSSR count). The lowest BCUT2D eigenvalue weighted by atomic mass is 9.66. The van der Waals surface area contributed by atoms with Gasteiger partial charge in [-0.2, -0.15) is 0 Å². The number of likely N-dealkylation sites (tertiary alicyclic amines) is 1. The summed E-state index contributed by atoms with van der Waals surface area (Å²) in [6.07, 6.45) is 6.07. The summed E-state index contributed by atoms with van der Waals surface area (Å²) in [6, 6.07) is -0.905. The molecular weight excluding hydrogens is 424 g/mol. The van der Waals surface area contributed by atoms with Crippen LogP contribution in [0.2, 0.25) is 0 Å². The van der Waals surface area contributed by atoms with E-state index in [1.165, 1.54) is 0 Å². The zero-order chi connectivity index (χ0) is 24.4. The summed E-state index contributed by atoms with van der Waals surface area (Å²) in [5.41, 5.74) is -1.90. The number of aliphatic hydroxyl groups is 1. The molecule has 3 aliphatic heterocycles. The van der Waals surface area contributed by atoms with Gasteiger partial charge < -0.3 is 24.4 Å². The molecule has 0 radical (unpaired) electrons. The van der Waals surface area contributed by atoms with Gasteiger partial charge >= 0.3 is 5.97 Å². The van der Waals surface area contributed by atoms with Crippen molar-refractivity contribution in [3.63, 3.8) is 0 Å². The van der Waals surface area contributed by atoms with Crippen molar-refractivity contribution >= 4 is 17.8 Å². The molecule has 8 heteroatoms. The number of amides is 2. The van der Waals surface area contributed by atoms with Crippen molar-refractivity contribution in [1.29, 1.82) is 0 Å². The van der Waals surface area contributed by atoms with Gasteiger partial charge in [-0.15, -0.1) is 13.2 Å². The molecule has 2 unspecified atom stereocenters. The van der Waals surface area contributed by atoms with Gasteiger partial charge in [0.05, 0.1) is 18.1 Å². The Kier molecular flexibility index (Phi) is 7.69. The molecule has 0 saturated carbocycles. The summed E-state index contributed by atoms with van der Waals surface area (Å²) in [4.78, 5) is 44.1. The minimum atomic E-state index is -1.06. The van der Waals surface area contributed by atoms with Crippen LogP contribution in [-0.4, -0.2) is 82.3 Å². The Morgan fingerprint density at radius 2 is 2.03 bits per heavy atom. The predicted octanol–water partition coefficient (Wildman–Crippen LogP) is 2.07. The molecule has 2 bridgehead atoms. The van der Waals surface area contributed by atoms with Gasteiger partial charge in [-0.3, -0.25) is 14.4 Å². The normalized spacial score (nSPS) is 32.2. The van der Waals surface area contributed by atoms with Crippen LogP contribution < -0.4 is 0 Å². The lowest BCUT2D eigenvalue weighted by Gasteiger charge is -2.38.